The third-order valence-corrected chi connectivity index (χ3v) is 10.3. The summed E-state index contributed by atoms with van der Waals surface area (Å²) in [6.45, 7) is 0. The van der Waals surface area contributed by atoms with E-state index in [4.69, 9.17) is 12.3 Å². The van der Waals surface area contributed by atoms with E-state index in [1.807, 2.05) is 127 Å². The van der Waals surface area contributed by atoms with Gasteiger partial charge < -0.3 is 4.90 Å². The predicted octanol–water partition coefficient (Wildman–Crippen LogP) is 16.3. The number of benzene rings is 10. The zero-order valence-corrected chi connectivity index (χ0v) is 31.6. The van der Waals surface area contributed by atoms with E-state index in [1.165, 1.54) is 0 Å². The van der Waals surface area contributed by atoms with Crippen molar-refractivity contribution in [3.05, 3.63) is 248 Å². The Kier molecular flexibility index (Phi) is 6.55. The number of para-hydroxylation sites is 1. The molecule has 0 spiro atoms. The van der Waals surface area contributed by atoms with Crippen molar-refractivity contribution in [3.63, 3.8) is 0 Å². The highest BCUT2D eigenvalue weighted by Gasteiger charge is 2.18. The molecule has 0 amide bonds. The van der Waals surface area contributed by atoms with Gasteiger partial charge in [-0.2, -0.15) is 0 Å². The van der Waals surface area contributed by atoms with Gasteiger partial charge in [0.05, 0.1) is 23.5 Å². The minimum atomic E-state index is -0.776. The molecule has 0 aliphatic carbocycles. The van der Waals surface area contributed by atoms with Gasteiger partial charge in [-0.1, -0.05) is 206 Å². The Hall–Kier alpha value is -7.74. The fraction of sp³-hybridized carbons (Fsp3) is 0. The number of nitrogens with zero attached hydrogens (tertiary/aromatic N) is 1. The molecule has 0 aromatic heterocycles. The highest BCUT2D eigenvalue weighted by molar-refractivity contribution is 5.91. The summed E-state index contributed by atoms with van der Waals surface area (Å²) in [5.41, 5.74) is 6.26. The molecule has 0 atom stereocenters. The molecule has 278 valence electrons. The molecule has 0 bridgehead atoms. The summed E-state index contributed by atoms with van der Waals surface area (Å²) in [6, 6.07) is 46.8. The average molecular weight is 765 g/mol. The first-order valence-electron chi connectivity index (χ1n) is 25.7. The van der Waals surface area contributed by atoms with Crippen LogP contribution in [0.4, 0.5) is 17.1 Å². The number of anilines is 3. The molecule has 0 N–H and O–H groups in total. The van der Waals surface area contributed by atoms with E-state index in [0.29, 0.717) is 16.9 Å². The van der Waals surface area contributed by atoms with Gasteiger partial charge in [-0.15, -0.1) is 0 Å². The maximum atomic E-state index is 9.67. The van der Waals surface area contributed by atoms with Gasteiger partial charge >= 0.3 is 0 Å². The molecule has 0 fully saturated rings. The first-order chi connectivity index (χ1) is 34.7. The van der Waals surface area contributed by atoms with Crippen LogP contribution in [0.5, 0.6) is 0 Å². The first kappa shape index (κ1) is 24.1. The lowest BCUT2D eigenvalue weighted by atomic mass is 9.96. The van der Waals surface area contributed by atoms with E-state index in [1.54, 1.807) is 4.90 Å². The maximum absolute atomic E-state index is 9.67. The molecular weight excluding hydrogens is 711 g/mol. The summed E-state index contributed by atoms with van der Waals surface area (Å²) < 4.78 is 116. The van der Waals surface area contributed by atoms with Crippen LogP contribution in [0.1, 0.15) is 17.8 Å². The molecule has 0 aliphatic heterocycles. The van der Waals surface area contributed by atoms with Gasteiger partial charge in [0.15, 0.2) is 0 Å². The predicted molar refractivity (Wildman–Crippen MR) is 251 cm³/mol. The lowest BCUT2D eigenvalue weighted by Crippen LogP contribution is -2.11. The van der Waals surface area contributed by atoms with Gasteiger partial charge in [0.25, 0.3) is 0 Å². The Morgan fingerprint density at radius 2 is 0.746 bits per heavy atom. The number of hydrogen-bond donors (Lipinski definition) is 0. The second-order valence-electron chi connectivity index (χ2n) is 14.0. The molecule has 1 nitrogen and oxygen atoms in total. The minimum absolute atomic E-state index is 0.140. The summed E-state index contributed by atoms with van der Waals surface area (Å²) in [7, 11) is 0. The first-order valence-corrected chi connectivity index (χ1v) is 19.2. The van der Waals surface area contributed by atoms with Crippen molar-refractivity contribution in [2.45, 2.75) is 0 Å². The molecule has 59 heavy (non-hydrogen) atoms. The second-order valence-corrected chi connectivity index (χ2v) is 14.0. The van der Waals surface area contributed by atoms with E-state index in [9.17, 15) is 5.48 Å². The quantitative estimate of drug-likeness (QED) is 0.141. The van der Waals surface area contributed by atoms with Gasteiger partial charge in [0.1, 0.15) is 0 Å². The summed E-state index contributed by atoms with van der Waals surface area (Å²) in [6.07, 6.45) is 0. The molecule has 10 aromatic rings. The van der Waals surface area contributed by atoms with Gasteiger partial charge in [-0.05, 0) is 114 Å². The van der Waals surface area contributed by atoms with Crippen molar-refractivity contribution in [2.24, 2.45) is 0 Å². The van der Waals surface area contributed by atoms with Crippen LogP contribution in [0.3, 0.4) is 0 Å². The van der Waals surface area contributed by atoms with Crippen LogP contribution in [-0.4, -0.2) is 0 Å². The van der Waals surface area contributed by atoms with Crippen molar-refractivity contribution in [1.82, 2.24) is 0 Å². The van der Waals surface area contributed by atoms with Crippen molar-refractivity contribution < 1.29 is 17.8 Å². The minimum Gasteiger partial charge on any atom is -0.310 e. The standard InChI is InChI=1S/C58H41N/c1-3-12-42(13-4-1)45-22-24-47(25-23-45)48-32-36-55(37-33-48)59(58-21-10-9-20-57(58)50-29-26-46(27-30-50)43-14-5-2-6-15-43)56-38-34-49(35-39-56)52-18-11-19-53(40-52)54-31-28-44-16-7-8-17-51(44)41-54/h1-41H/i1D,3D,4D,12D,13D,22D,23D,24D,25D,32D,33D,36D,37D. The SMILES string of the molecule is [2H]c1c([2H])c([2H])c(-c2c([2H])c([2H])c(-c3c([2H])c([2H])c(N(c4ccc(-c5cccc(-c6ccc7ccccc7c6)c5)cc4)c4ccccc4-c4ccc(-c5ccccc5)cc4)c([2H])c3[2H])c([2H])c2[2H])c([2H])c1[2H]. The van der Waals surface area contributed by atoms with Crippen LogP contribution >= 0.6 is 0 Å². The molecule has 0 radical (unpaired) electrons. The molecule has 0 aliphatic rings. The van der Waals surface area contributed by atoms with Gasteiger partial charge in [0.2, 0.25) is 0 Å². The summed E-state index contributed by atoms with van der Waals surface area (Å²) in [5.74, 6) is 0. The highest BCUT2D eigenvalue weighted by atomic mass is 15.1. The summed E-state index contributed by atoms with van der Waals surface area (Å²) >= 11 is 0. The molecule has 0 heterocycles. The van der Waals surface area contributed by atoms with Crippen molar-refractivity contribution in [3.8, 4) is 66.8 Å². The summed E-state index contributed by atoms with van der Waals surface area (Å²) in [5, 5.41) is 2.28. The lowest BCUT2D eigenvalue weighted by Gasteiger charge is -2.28. The number of hydrogen-bond acceptors (Lipinski definition) is 1. The third kappa shape index (κ3) is 7.46. The molecule has 1 heteroatoms. The van der Waals surface area contributed by atoms with Crippen LogP contribution in [0.15, 0.2) is 248 Å². The second kappa shape index (κ2) is 16.0. The van der Waals surface area contributed by atoms with Crippen LogP contribution in [0, 0.1) is 0 Å². The fourth-order valence-corrected chi connectivity index (χ4v) is 7.30. The van der Waals surface area contributed by atoms with Crippen molar-refractivity contribution in [2.75, 3.05) is 4.90 Å². The fourth-order valence-electron chi connectivity index (χ4n) is 7.30. The largest absolute Gasteiger partial charge is 0.310 e. The van der Waals surface area contributed by atoms with Crippen LogP contribution in [-0.2, 0) is 0 Å². The molecule has 0 saturated heterocycles. The molecule has 10 aromatic carbocycles. The van der Waals surface area contributed by atoms with Crippen LogP contribution in [0.25, 0.3) is 77.5 Å². The number of rotatable bonds is 9. The zero-order valence-electron chi connectivity index (χ0n) is 44.6. The molecular formula is C58H41N. The maximum Gasteiger partial charge on any atom is 0.0645 e. The Balaban J connectivity index is 1.13. The normalized spacial score (nSPS) is 14.1. The zero-order chi connectivity index (χ0) is 50.7. The number of fused-ring (bicyclic) bond motifs is 1. The van der Waals surface area contributed by atoms with E-state index >= 15 is 0 Å². The topological polar surface area (TPSA) is 3.24 Å². The Morgan fingerprint density at radius 3 is 1.46 bits per heavy atom. The Morgan fingerprint density at radius 1 is 0.271 bits per heavy atom. The molecule has 0 saturated carbocycles. The van der Waals surface area contributed by atoms with E-state index in [0.717, 1.165) is 49.7 Å². The Labute approximate surface area is 365 Å². The van der Waals surface area contributed by atoms with E-state index < -0.39 is 101 Å². The molecule has 10 rings (SSSR count). The van der Waals surface area contributed by atoms with Gasteiger partial charge in [0, 0.05) is 16.9 Å². The average Bonchev–Trinajstić information content (AvgIpc) is 3.42. The van der Waals surface area contributed by atoms with Crippen LogP contribution < -0.4 is 4.90 Å². The van der Waals surface area contributed by atoms with Crippen molar-refractivity contribution in [1.29, 1.82) is 0 Å². The molecule has 0 unspecified atom stereocenters. The smallest absolute Gasteiger partial charge is 0.0645 e. The Bertz CT molecular complexity index is 3700. The van der Waals surface area contributed by atoms with Crippen molar-refractivity contribution >= 4 is 27.8 Å². The van der Waals surface area contributed by atoms with Gasteiger partial charge in [-0.3, -0.25) is 0 Å². The third-order valence-electron chi connectivity index (χ3n) is 10.3. The van der Waals surface area contributed by atoms with E-state index in [-0.39, 0.29) is 5.69 Å². The lowest BCUT2D eigenvalue weighted by molar-refractivity contribution is 1.28. The van der Waals surface area contributed by atoms with Gasteiger partial charge in [-0.25, -0.2) is 0 Å². The van der Waals surface area contributed by atoms with E-state index in [2.05, 4.69) is 42.5 Å². The van der Waals surface area contributed by atoms with Crippen LogP contribution in [0.2, 0.25) is 0 Å². The monoisotopic (exact) mass is 764 g/mol. The summed E-state index contributed by atoms with van der Waals surface area (Å²) in [4.78, 5) is 1.66. The highest BCUT2D eigenvalue weighted by Crippen LogP contribution is 2.42.